The third-order valence-electron chi connectivity index (χ3n) is 0.408. The van der Waals surface area contributed by atoms with E-state index in [4.69, 9.17) is 0 Å². The molecule has 7 heavy (non-hydrogen) atoms. The molecule has 0 aliphatic carbocycles. The van der Waals surface area contributed by atoms with Gasteiger partial charge in [-0.05, 0) is 11.5 Å². The maximum absolute atomic E-state index is 2.17. The molecule has 0 heterocycles. The van der Waals surface area contributed by atoms with E-state index < -0.39 is 0 Å². The van der Waals surface area contributed by atoms with E-state index in [1.807, 2.05) is 11.8 Å². The molecule has 0 aliphatic heterocycles. The minimum absolute atomic E-state index is 0. The van der Waals surface area contributed by atoms with Gasteiger partial charge in [0, 0.05) is 0 Å². The van der Waals surface area contributed by atoms with Crippen molar-refractivity contribution in [3.63, 3.8) is 0 Å². The molecule has 0 rings (SSSR count). The van der Waals surface area contributed by atoms with Crippen LogP contribution in [0.3, 0.4) is 0 Å². The molecule has 0 spiro atoms. The zero-order valence-electron chi connectivity index (χ0n) is 7.82. The van der Waals surface area contributed by atoms with Crippen LogP contribution in [0.25, 0.3) is 0 Å². The summed E-state index contributed by atoms with van der Waals surface area (Å²) in [4.78, 5) is 0. The number of rotatable bonds is 2. The summed E-state index contributed by atoms with van der Waals surface area (Å²) in [6.45, 7) is 4.35. The maximum atomic E-state index is 2.17. The van der Waals surface area contributed by atoms with Gasteiger partial charge in [0.1, 0.15) is 0 Å². The summed E-state index contributed by atoms with van der Waals surface area (Å²) in [5, 5.41) is 0. The van der Waals surface area contributed by atoms with Crippen LogP contribution in [0.5, 0.6) is 0 Å². The molecule has 0 atom stereocenters. The summed E-state index contributed by atoms with van der Waals surface area (Å²) in [5.41, 5.74) is 0. The summed E-state index contributed by atoms with van der Waals surface area (Å²) in [5.74, 6) is 2.52. The Labute approximate surface area is 97.8 Å². The Morgan fingerprint density at radius 3 is 1.43 bits per heavy atom. The van der Waals surface area contributed by atoms with Crippen molar-refractivity contribution in [1.29, 1.82) is 0 Å². The third kappa shape index (κ3) is 17.8. The van der Waals surface area contributed by atoms with Crippen LogP contribution in [-0.4, -0.2) is 11.5 Å². The largest absolute Gasteiger partial charge is 1.00 e. The normalized spacial score (nSPS) is 6.00. The van der Waals surface area contributed by atoms with E-state index in [0.717, 1.165) is 0 Å². The minimum atomic E-state index is 0. The quantitative estimate of drug-likeness (QED) is 0.350. The van der Waals surface area contributed by atoms with Crippen molar-refractivity contribution in [2.24, 2.45) is 0 Å². The molecule has 0 nitrogen and oxygen atoms in total. The van der Waals surface area contributed by atoms with E-state index in [9.17, 15) is 0 Å². The van der Waals surface area contributed by atoms with Crippen LogP contribution in [0.1, 0.15) is 16.7 Å². The average molecular weight is 138 g/mol. The molecular formula is C4H12Na2S. The van der Waals surface area contributed by atoms with Crippen molar-refractivity contribution in [3.8, 4) is 0 Å². The zero-order valence-corrected chi connectivity index (χ0v) is 10.6. The van der Waals surface area contributed by atoms with E-state index in [2.05, 4.69) is 13.8 Å². The van der Waals surface area contributed by atoms with E-state index in [1.54, 1.807) is 0 Å². The fourth-order valence-corrected chi connectivity index (χ4v) is 0.612. The Bertz CT molecular complexity index is 24.0. The van der Waals surface area contributed by atoms with Gasteiger partial charge in [-0.2, -0.15) is 11.8 Å². The second-order valence-corrected chi connectivity index (χ2v) is 2.34. The first-order chi connectivity index (χ1) is 2.41. The molecular weight excluding hydrogens is 126 g/mol. The average Bonchev–Trinajstić information content (AvgIpc) is 1.41. The van der Waals surface area contributed by atoms with Gasteiger partial charge in [-0.3, -0.25) is 0 Å². The third-order valence-corrected chi connectivity index (χ3v) is 1.22. The maximum Gasteiger partial charge on any atom is 1.00 e. The molecule has 0 bridgehead atoms. The van der Waals surface area contributed by atoms with Gasteiger partial charge in [0.15, 0.2) is 0 Å². The minimum Gasteiger partial charge on any atom is -1.00 e. The van der Waals surface area contributed by atoms with Gasteiger partial charge < -0.3 is 2.85 Å². The van der Waals surface area contributed by atoms with Crippen molar-refractivity contribution >= 4 is 11.8 Å². The van der Waals surface area contributed by atoms with Crippen LogP contribution in [0.15, 0.2) is 0 Å². The Hall–Kier alpha value is 2.35. The van der Waals surface area contributed by atoms with Crippen LogP contribution >= 0.6 is 11.8 Å². The Morgan fingerprint density at radius 2 is 1.43 bits per heavy atom. The topological polar surface area (TPSA) is 0 Å². The molecule has 0 aliphatic rings. The molecule has 0 unspecified atom stereocenters. The Morgan fingerprint density at radius 1 is 1.14 bits per heavy atom. The van der Waals surface area contributed by atoms with Gasteiger partial charge in [-0.15, -0.1) is 0 Å². The molecule has 36 valence electrons. The Balaban J connectivity index is -0.0000000133. The van der Waals surface area contributed by atoms with Gasteiger partial charge >= 0.3 is 59.1 Å². The Kier molecular flexibility index (Phi) is 36.4. The van der Waals surface area contributed by atoms with Gasteiger partial charge in [0.05, 0.1) is 0 Å². The van der Waals surface area contributed by atoms with Gasteiger partial charge in [0.2, 0.25) is 0 Å². The van der Waals surface area contributed by atoms with E-state index in [-0.39, 0.29) is 62.0 Å². The van der Waals surface area contributed by atoms with Crippen LogP contribution in [0, 0.1) is 0 Å². The van der Waals surface area contributed by atoms with E-state index in [0.29, 0.717) is 0 Å². The fraction of sp³-hybridized carbons (Fsp3) is 1.00. The number of hydrogen-bond donors (Lipinski definition) is 0. The van der Waals surface area contributed by atoms with Crippen LogP contribution in [0.4, 0.5) is 0 Å². The van der Waals surface area contributed by atoms with Gasteiger partial charge in [-0.1, -0.05) is 13.8 Å². The van der Waals surface area contributed by atoms with Crippen molar-refractivity contribution in [1.82, 2.24) is 0 Å². The fourth-order valence-electron chi connectivity index (χ4n) is 0.204. The summed E-state index contributed by atoms with van der Waals surface area (Å²) in [7, 11) is 0. The van der Waals surface area contributed by atoms with Crippen LogP contribution in [0.2, 0.25) is 0 Å². The second-order valence-electron chi connectivity index (χ2n) is 0.781. The molecule has 0 aromatic rings. The molecule has 0 fully saturated rings. The predicted octanol–water partition coefficient (Wildman–Crippen LogP) is -4.01. The SMILES string of the molecule is CCSCC.[H-].[H-].[Na+].[Na+]. The van der Waals surface area contributed by atoms with Gasteiger partial charge in [0.25, 0.3) is 0 Å². The summed E-state index contributed by atoms with van der Waals surface area (Å²) in [6.07, 6.45) is 0. The standard InChI is InChI=1S/C4H10S.2Na.2H/c1-3-5-4-2;;;;/h3-4H2,1-2H3;;;;/q;2*+1;2*-1. The molecule has 0 saturated heterocycles. The van der Waals surface area contributed by atoms with Crippen molar-refractivity contribution in [2.45, 2.75) is 13.8 Å². The number of hydrogen-bond acceptors (Lipinski definition) is 1. The van der Waals surface area contributed by atoms with E-state index in [1.165, 1.54) is 11.5 Å². The van der Waals surface area contributed by atoms with Gasteiger partial charge in [-0.25, -0.2) is 0 Å². The summed E-state index contributed by atoms with van der Waals surface area (Å²) >= 11 is 1.96. The smallest absolute Gasteiger partial charge is 1.00 e. The zero-order chi connectivity index (χ0) is 4.12. The first-order valence-electron chi connectivity index (χ1n) is 1.99. The number of thioether (sulfide) groups is 1. The molecule has 0 N–H and O–H groups in total. The van der Waals surface area contributed by atoms with Crippen molar-refractivity contribution in [2.75, 3.05) is 11.5 Å². The molecule has 3 heteroatoms. The molecule has 0 aromatic carbocycles. The van der Waals surface area contributed by atoms with Crippen LogP contribution in [-0.2, 0) is 0 Å². The first kappa shape index (κ1) is 16.2. The van der Waals surface area contributed by atoms with Crippen molar-refractivity contribution in [3.05, 3.63) is 0 Å². The summed E-state index contributed by atoms with van der Waals surface area (Å²) in [6, 6.07) is 0. The predicted molar refractivity (Wildman–Crippen MR) is 30.9 cm³/mol. The monoisotopic (exact) mass is 138 g/mol. The molecule has 0 aromatic heterocycles. The van der Waals surface area contributed by atoms with Crippen LogP contribution < -0.4 is 59.1 Å². The molecule has 0 saturated carbocycles. The summed E-state index contributed by atoms with van der Waals surface area (Å²) < 4.78 is 0. The second kappa shape index (κ2) is 15.8. The van der Waals surface area contributed by atoms with Crippen molar-refractivity contribution < 1.29 is 62.0 Å². The molecule has 0 amide bonds. The van der Waals surface area contributed by atoms with E-state index >= 15 is 0 Å². The molecule has 0 radical (unpaired) electrons. The first-order valence-corrected chi connectivity index (χ1v) is 3.15.